The number of esters is 1. The third-order valence-corrected chi connectivity index (χ3v) is 4.56. The first kappa shape index (κ1) is 19.7. The van der Waals surface area contributed by atoms with Crippen LogP contribution in [0.5, 0.6) is 0 Å². The molecule has 0 saturated carbocycles. The van der Waals surface area contributed by atoms with Crippen LogP contribution in [-0.2, 0) is 14.3 Å². The number of hydrogen-bond donors (Lipinski definition) is 2. The highest BCUT2D eigenvalue weighted by atomic mass is 32.1. The number of carbonyl (C=O) groups excluding carboxylic acids is 3. The number of likely N-dealkylation sites (N-methyl/N-ethyl adjacent to an activating group) is 1. The SMILES string of the molecule is CCNC(=O)[C@@H](C)NC(=O)COC(=O)c1sccc1-c1ccc(C)cc1. The molecule has 0 fully saturated rings. The van der Waals surface area contributed by atoms with E-state index >= 15 is 0 Å². The molecule has 0 saturated heterocycles. The van der Waals surface area contributed by atoms with E-state index in [4.69, 9.17) is 4.74 Å². The fourth-order valence-corrected chi connectivity index (χ4v) is 3.11. The van der Waals surface area contributed by atoms with Crippen molar-refractivity contribution in [3.05, 3.63) is 46.2 Å². The predicted octanol–water partition coefficient (Wildman–Crippen LogP) is 2.52. The smallest absolute Gasteiger partial charge is 0.349 e. The number of rotatable bonds is 7. The summed E-state index contributed by atoms with van der Waals surface area (Å²) < 4.78 is 5.10. The van der Waals surface area contributed by atoms with Gasteiger partial charge in [0.1, 0.15) is 10.9 Å². The molecule has 6 nitrogen and oxygen atoms in total. The fourth-order valence-electron chi connectivity index (χ4n) is 2.30. The minimum atomic E-state index is -0.689. The van der Waals surface area contributed by atoms with Gasteiger partial charge in [0, 0.05) is 12.1 Å². The Balaban J connectivity index is 1.95. The molecule has 26 heavy (non-hydrogen) atoms. The largest absolute Gasteiger partial charge is 0.451 e. The molecule has 0 bridgehead atoms. The molecule has 2 amide bonds. The Hall–Kier alpha value is -2.67. The average molecular weight is 374 g/mol. The Morgan fingerprint density at radius 3 is 2.50 bits per heavy atom. The molecule has 1 atom stereocenters. The first-order chi connectivity index (χ1) is 12.4. The first-order valence-corrected chi connectivity index (χ1v) is 9.19. The van der Waals surface area contributed by atoms with Crippen LogP contribution in [0.3, 0.4) is 0 Å². The second-order valence-corrected chi connectivity index (χ2v) is 6.71. The molecule has 0 radical (unpaired) electrons. The summed E-state index contributed by atoms with van der Waals surface area (Å²) in [7, 11) is 0. The Morgan fingerprint density at radius 1 is 1.15 bits per heavy atom. The summed E-state index contributed by atoms with van der Waals surface area (Å²) in [5, 5.41) is 6.91. The molecule has 0 aliphatic rings. The molecule has 138 valence electrons. The van der Waals surface area contributed by atoms with Gasteiger partial charge < -0.3 is 15.4 Å². The van der Waals surface area contributed by atoms with E-state index in [1.54, 1.807) is 13.8 Å². The van der Waals surface area contributed by atoms with Crippen LogP contribution in [0, 0.1) is 6.92 Å². The average Bonchev–Trinajstić information content (AvgIpc) is 3.10. The first-order valence-electron chi connectivity index (χ1n) is 8.31. The van der Waals surface area contributed by atoms with Gasteiger partial charge in [-0.1, -0.05) is 29.8 Å². The minimum absolute atomic E-state index is 0.285. The predicted molar refractivity (Wildman–Crippen MR) is 101 cm³/mol. The minimum Gasteiger partial charge on any atom is -0.451 e. The van der Waals surface area contributed by atoms with Crippen molar-refractivity contribution in [2.24, 2.45) is 0 Å². The van der Waals surface area contributed by atoms with Crippen molar-refractivity contribution in [1.29, 1.82) is 0 Å². The van der Waals surface area contributed by atoms with E-state index in [9.17, 15) is 14.4 Å². The molecule has 1 aromatic carbocycles. The maximum Gasteiger partial charge on any atom is 0.349 e. The Bertz CT molecular complexity index is 783. The van der Waals surface area contributed by atoms with Gasteiger partial charge in [0.2, 0.25) is 5.91 Å². The summed E-state index contributed by atoms with van der Waals surface area (Å²) in [6.45, 7) is 5.40. The quantitative estimate of drug-likeness (QED) is 0.730. The highest BCUT2D eigenvalue weighted by Gasteiger charge is 2.19. The molecule has 2 N–H and O–H groups in total. The van der Waals surface area contributed by atoms with Crippen molar-refractivity contribution in [3.63, 3.8) is 0 Å². The van der Waals surface area contributed by atoms with Gasteiger partial charge in [-0.3, -0.25) is 9.59 Å². The van der Waals surface area contributed by atoms with Crippen LogP contribution in [0.2, 0.25) is 0 Å². The zero-order valence-corrected chi connectivity index (χ0v) is 15.8. The van der Waals surface area contributed by atoms with Crippen LogP contribution in [-0.4, -0.2) is 37.0 Å². The third-order valence-electron chi connectivity index (χ3n) is 3.67. The fraction of sp³-hybridized carbons (Fsp3) is 0.316. The molecule has 0 unspecified atom stereocenters. The molecule has 0 spiro atoms. The second kappa shape index (κ2) is 9.15. The Labute approximate surface area is 156 Å². The molecule has 1 heterocycles. The summed E-state index contributed by atoms with van der Waals surface area (Å²) in [6, 6.07) is 8.98. The third kappa shape index (κ3) is 5.16. The van der Waals surface area contributed by atoms with E-state index in [0.717, 1.165) is 16.7 Å². The highest BCUT2D eigenvalue weighted by Crippen LogP contribution is 2.29. The van der Waals surface area contributed by atoms with Gasteiger partial charge in [0.05, 0.1) is 0 Å². The lowest BCUT2D eigenvalue weighted by Crippen LogP contribution is -2.46. The number of aryl methyl sites for hydroxylation is 1. The number of amides is 2. The topological polar surface area (TPSA) is 84.5 Å². The Kier molecular flexibility index (Phi) is 6.91. The molecule has 2 aromatic rings. The van der Waals surface area contributed by atoms with E-state index in [0.29, 0.717) is 11.4 Å². The van der Waals surface area contributed by atoms with Gasteiger partial charge in [-0.2, -0.15) is 0 Å². The maximum atomic E-state index is 12.3. The number of nitrogens with one attached hydrogen (secondary N) is 2. The zero-order valence-electron chi connectivity index (χ0n) is 15.0. The highest BCUT2D eigenvalue weighted by molar-refractivity contribution is 7.12. The van der Waals surface area contributed by atoms with Crippen LogP contribution < -0.4 is 10.6 Å². The number of ether oxygens (including phenoxy) is 1. The summed E-state index contributed by atoms with van der Waals surface area (Å²) in [6.07, 6.45) is 0. The van der Waals surface area contributed by atoms with Gasteiger partial charge in [0.15, 0.2) is 6.61 Å². The molecular formula is C19H22N2O4S. The van der Waals surface area contributed by atoms with E-state index in [1.807, 2.05) is 42.6 Å². The lowest BCUT2D eigenvalue weighted by atomic mass is 10.1. The van der Waals surface area contributed by atoms with Crippen LogP contribution in [0.1, 0.15) is 29.1 Å². The number of carbonyl (C=O) groups is 3. The second-order valence-electron chi connectivity index (χ2n) is 5.79. The summed E-state index contributed by atoms with van der Waals surface area (Å²) >= 11 is 1.26. The molecule has 0 aliphatic carbocycles. The van der Waals surface area contributed by atoms with Crippen molar-refractivity contribution in [3.8, 4) is 11.1 Å². The van der Waals surface area contributed by atoms with E-state index < -0.39 is 24.5 Å². The molecule has 1 aromatic heterocycles. The molecule has 0 aliphatic heterocycles. The van der Waals surface area contributed by atoms with Gasteiger partial charge >= 0.3 is 5.97 Å². The van der Waals surface area contributed by atoms with Crippen molar-refractivity contribution in [1.82, 2.24) is 10.6 Å². The lowest BCUT2D eigenvalue weighted by molar-refractivity contribution is -0.130. The van der Waals surface area contributed by atoms with Crippen LogP contribution >= 0.6 is 11.3 Å². The van der Waals surface area contributed by atoms with Crippen LogP contribution in [0.25, 0.3) is 11.1 Å². The van der Waals surface area contributed by atoms with Gasteiger partial charge in [-0.05, 0) is 37.8 Å². The molecule has 2 rings (SSSR count). The monoisotopic (exact) mass is 374 g/mol. The van der Waals surface area contributed by atoms with Crippen LogP contribution in [0.4, 0.5) is 0 Å². The van der Waals surface area contributed by atoms with Gasteiger partial charge in [0.25, 0.3) is 5.91 Å². The van der Waals surface area contributed by atoms with Crippen molar-refractivity contribution < 1.29 is 19.1 Å². The molecular weight excluding hydrogens is 352 g/mol. The van der Waals surface area contributed by atoms with Gasteiger partial charge in [-0.15, -0.1) is 11.3 Å². The summed E-state index contributed by atoms with van der Waals surface area (Å²) in [5.74, 6) is -1.37. The number of hydrogen-bond acceptors (Lipinski definition) is 5. The van der Waals surface area contributed by atoms with Crippen LogP contribution in [0.15, 0.2) is 35.7 Å². The maximum absolute atomic E-state index is 12.3. The van der Waals surface area contributed by atoms with Crippen molar-refractivity contribution in [2.45, 2.75) is 26.8 Å². The normalized spacial score (nSPS) is 11.5. The van der Waals surface area contributed by atoms with Crippen molar-refractivity contribution in [2.75, 3.05) is 13.2 Å². The lowest BCUT2D eigenvalue weighted by Gasteiger charge is -2.13. The summed E-state index contributed by atoms with van der Waals surface area (Å²) in [4.78, 5) is 36.2. The van der Waals surface area contributed by atoms with Crippen molar-refractivity contribution >= 4 is 29.1 Å². The van der Waals surface area contributed by atoms with E-state index in [2.05, 4.69) is 10.6 Å². The number of thiophene rings is 1. The zero-order chi connectivity index (χ0) is 19.1. The van der Waals surface area contributed by atoms with Gasteiger partial charge in [-0.25, -0.2) is 4.79 Å². The summed E-state index contributed by atoms with van der Waals surface area (Å²) in [5.41, 5.74) is 2.82. The van der Waals surface area contributed by atoms with E-state index in [1.165, 1.54) is 11.3 Å². The standard InChI is InChI=1S/C19H22N2O4S/c1-4-20-18(23)13(3)21-16(22)11-25-19(24)17-15(9-10-26-17)14-7-5-12(2)6-8-14/h5-10,13H,4,11H2,1-3H3,(H,20,23)(H,21,22)/t13-/m1/s1. The molecule has 7 heteroatoms. The number of benzene rings is 1. The van der Waals surface area contributed by atoms with E-state index in [-0.39, 0.29) is 5.91 Å². The Morgan fingerprint density at radius 2 is 1.85 bits per heavy atom.